The summed E-state index contributed by atoms with van der Waals surface area (Å²) in [6.45, 7) is 2.47. The van der Waals surface area contributed by atoms with Gasteiger partial charge in [-0.3, -0.25) is 4.98 Å². The summed E-state index contributed by atoms with van der Waals surface area (Å²) in [5, 5.41) is 14.4. The van der Waals surface area contributed by atoms with E-state index in [1.165, 1.54) is 22.2 Å². The fourth-order valence-corrected chi connectivity index (χ4v) is 4.70. The van der Waals surface area contributed by atoms with Crippen LogP contribution in [0.4, 0.5) is 0 Å². The van der Waals surface area contributed by atoms with Crippen LogP contribution in [0.2, 0.25) is 0 Å². The predicted octanol–water partition coefficient (Wildman–Crippen LogP) is 3.61. The second kappa shape index (κ2) is 7.18. The Morgan fingerprint density at radius 3 is 3.03 bits per heavy atom. The van der Waals surface area contributed by atoms with Crippen LogP contribution in [-0.2, 0) is 19.5 Å². The minimum atomic E-state index is 0.547. The molecule has 0 spiro atoms. The molecule has 0 amide bonds. The molecule has 2 N–H and O–H groups in total. The SMILES string of the molecule is c1cnc2ccc(Cn3nnc4ncc(-c5ccc6[nH]c7c(c6c5)CNCC7)nc43)cc2c1. The number of nitrogens with zero attached hydrogens (tertiary/aromatic N) is 6. The first-order chi connectivity index (χ1) is 16.3. The number of H-pyrrole nitrogens is 1. The van der Waals surface area contributed by atoms with Crippen molar-refractivity contribution < 1.29 is 0 Å². The Balaban J connectivity index is 1.28. The molecule has 4 aromatic heterocycles. The van der Waals surface area contributed by atoms with E-state index >= 15 is 0 Å². The Morgan fingerprint density at radius 1 is 1.03 bits per heavy atom. The van der Waals surface area contributed by atoms with Crippen LogP contribution in [0.3, 0.4) is 0 Å². The van der Waals surface area contributed by atoms with Crippen LogP contribution in [-0.4, -0.2) is 41.5 Å². The van der Waals surface area contributed by atoms with E-state index in [0.717, 1.165) is 47.2 Å². The molecule has 0 atom stereocenters. The summed E-state index contributed by atoms with van der Waals surface area (Å²) in [6, 6.07) is 16.7. The van der Waals surface area contributed by atoms with Gasteiger partial charge in [0, 0.05) is 53.3 Å². The number of hydrogen-bond donors (Lipinski definition) is 2. The number of rotatable bonds is 3. The van der Waals surface area contributed by atoms with Crippen LogP contribution in [0, 0.1) is 0 Å². The first kappa shape index (κ1) is 18.4. The van der Waals surface area contributed by atoms with E-state index in [1.807, 2.05) is 16.8 Å². The highest BCUT2D eigenvalue weighted by molar-refractivity contribution is 5.89. The molecule has 8 nitrogen and oxygen atoms in total. The van der Waals surface area contributed by atoms with E-state index in [-0.39, 0.29) is 0 Å². The molecule has 0 aliphatic carbocycles. The van der Waals surface area contributed by atoms with Crippen molar-refractivity contribution in [3.05, 3.63) is 77.7 Å². The van der Waals surface area contributed by atoms with Crippen LogP contribution in [0.25, 0.3) is 44.4 Å². The smallest absolute Gasteiger partial charge is 0.221 e. The van der Waals surface area contributed by atoms with Crippen molar-refractivity contribution in [3.8, 4) is 11.3 Å². The number of aromatic nitrogens is 7. The number of aromatic amines is 1. The Morgan fingerprint density at radius 2 is 2.03 bits per heavy atom. The first-order valence-corrected chi connectivity index (χ1v) is 11.1. The minimum absolute atomic E-state index is 0.547. The van der Waals surface area contributed by atoms with Crippen LogP contribution in [0.15, 0.2) is 60.9 Å². The van der Waals surface area contributed by atoms with E-state index in [9.17, 15) is 0 Å². The maximum Gasteiger partial charge on any atom is 0.221 e. The Labute approximate surface area is 188 Å². The van der Waals surface area contributed by atoms with Gasteiger partial charge in [0.15, 0.2) is 5.65 Å². The summed E-state index contributed by atoms with van der Waals surface area (Å²) < 4.78 is 1.81. The van der Waals surface area contributed by atoms with Crippen LogP contribution >= 0.6 is 0 Å². The lowest BCUT2D eigenvalue weighted by molar-refractivity contribution is 0.641. The molecule has 8 heteroatoms. The third-order valence-electron chi connectivity index (χ3n) is 6.37. The van der Waals surface area contributed by atoms with Crippen LogP contribution < -0.4 is 5.32 Å². The molecule has 0 saturated heterocycles. The fraction of sp³-hybridized carbons (Fsp3) is 0.160. The lowest BCUT2D eigenvalue weighted by atomic mass is 10.0. The van der Waals surface area contributed by atoms with Gasteiger partial charge >= 0.3 is 0 Å². The topological polar surface area (TPSA) is 97.2 Å². The van der Waals surface area contributed by atoms with Gasteiger partial charge in [0.1, 0.15) is 0 Å². The molecule has 1 aliphatic heterocycles. The molecule has 160 valence electrons. The first-order valence-electron chi connectivity index (χ1n) is 11.1. The Kier molecular flexibility index (Phi) is 4.00. The third-order valence-corrected chi connectivity index (χ3v) is 6.37. The number of benzene rings is 2. The number of nitrogens with one attached hydrogen (secondary N) is 2. The van der Waals surface area contributed by atoms with Crippen LogP contribution in [0.5, 0.6) is 0 Å². The number of pyridine rings is 1. The van der Waals surface area contributed by atoms with Crippen molar-refractivity contribution in [2.45, 2.75) is 19.5 Å². The van der Waals surface area contributed by atoms with Gasteiger partial charge in [-0.2, -0.15) is 0 Å². The maximum absolute atomic E-state index is 4.90. The van der Waals surface area contributed by atoms with Gasteiger partial charge in [-0.1, -0.05) is 23.4 Å². The van der Waals surface area contributed by atoms with Crippen LogP contribution in [0.1, 0.15) is 16.8 Å². The maximum atomic E-state index is 4.90. The molecular weight excluding hydrogens is 412 g/mol. The van der Waals surface area contributed by atoms with Gasteiger partial charge in [-0.25, -0.2) is 14.6 Å². The zero-order valence-corrected chi connectivity index (χ0v) is 17.8. The number of fused-ring (bicyclic) bond motifs is 5. The van der Waals surface area contributed by atoms with E-state index in [1.54, 1.807) is 12.4 Å². The molecular formula is C25H20N8. The van der Waals surface area contributed by atoms with Crippen molar-refractivity contribution in [2.75, 3.05) is 6.54 Å². The van der Waals surface area contributed by atoms with Gasteiger partial charge in [-0.05, 0) is 41.5 Å². The van der Waals surface area contributed by atoms with E-state index in [2.05, 4.69) is 67.0 Å². The van der Waals surface area contributed by atoms with Gasteiger partial charge < -0.3 is 10.3 Å². The van der Waals surface area contributed by atoms with Gasteiger partial charge in [0.05, 0.1) is 24.0 Å². The molecule has 0 unspecified atom stereocenters. The zero-order valence-electron chi connectivity index (χ0n) is 17.8. The standard InChI is InChI=1S/C25H20N8/c1-2-16-10-15(3-5-20(16)27-8-1)14-33-25-24(31-32-33)28-13-23(30-25)17-4-6-21-18(11-17)19-12-26-9-7-22(19)29-21/h1-6,8,10-11,13,26,29H,7,9,12,14H2. The second-order valence-corrected chi connectivity index (χ2v) is 8.45. The molecule has 1 aliphatic rings. The Bertz CT molecular complexity index is 1660. The summed E-state index contributed by atoms with van der Waals surface area (Å²) in [4.78, 5) is 17.4. The third kappa shape index (κ3) is 3.07. The van der Waals surface area contributed by atoms with E-state index in [0.29, 0.717) is 17.8 Å². The highest BCUT2D eigenvalue weighted by Crippen LogP contribution is 2.29. The average Bonchev–Trinajstić information content (AvgIpc) is 3.44. The lowest BCUT2D eigenvalue weighted by Crippen LogP contribution is -2.22. The monoisotopic (exact) mass is 432 g/mol. The van der Waals surface area contributed by atoms with E-state index in [4.69, 9.17) is 4.98 Å². The molecule has 2 aromatic carbocycles. The summed E-state index contributed by atoms with van der Waals surface area (Å²) in [7, 11) is 0. The highest BCUT2D eigenvalue weighted by atomic mass is 15.4. The molecule has 0 fully saturated rings. The van der Waals surface area contributed by atoms with Crippen molar-refractivity contribution in [3.63, 3.8) is 0 Å². The summed E-state index contributed by atoms with van der Waals surface area (Å²) in [5.41, 5.74) is 9.01. The molecule has 33 heavy (non-hydrogen) atoms. The molecule has 7 rings (SSSR count). The van der Waals surface area contributed by atoms with Crippen molar-refractivity contribution in [1.29, 1.82) is 0 Å². The summed E-state index contributed by atoms with van der Waals surface area (Å²) in [5.74, 6) is 0. The summed E-state index contributed by atoms with van der Waals surface area (Å²) >= 11 is 0. The van der Waals surface area contributed by atoms with Gasteiger partial charge in [0.25, 0.3) is 0 Å². The molecule has 0 saturated carbocycles. The van der Waals surface area contributed by atoms with Crippen molar-refractivity contribution >= 4 is 33.1 Å². The summed E-state index contributed by atoms with van der Waals surface area (Å²) in [6.07, 6.45) is 4.61. The predicted molar refractivity (Wildman–Crippen MR) is 127 cm³/mol. The molecule has 6 aromatic rings. The van der Waals surface area contributed by atoms with Gasteiger partial charge in [0.2, 0.25) is 5.65 Å². The van der Waals surface area contributed by atoms with Crippen molar-refractivity contribution in [1.82, 2.24) is 40.2 Å². The quantitative estimate of drug-likeness (QED) is 0.443. The normalized spacial score (nSPS) is 13.7. The molecule has 5 heterocycles. The minimum Gasteiger partial charge on any atom is -0.358 e. The second-order valence-electron chi connectivity index (χ2n) is 8.45. The zero-order chi connectivity index (χ0) is 21.8. The molecule has 0 radical (unpaired) electrons. The Hall–Kier alpha value is -4.17. The van der Waals surface area contributed by atoms with Crippen molar-refractivity contribution in [2.24, 2.45) is 0 Å². The number of hydrogen-bond acceptors (Lipinski definition) is 6. The molecule has 0 bridgehead atoms. The lowest BCUT2D eigenvalue weighted by Gasteiger charge is -2.12. The largest absolute Gasteiger partial charge is 0.358 e. The average molecular weight is 432 g/mol. The van der Waals surface area contributed by atoms with Gasteiger partial charge in [-0.15, -0.1) is 5.10 Å². The fourth-order valence-electron chi connectivity index (χ4n) is 4.70. The highest BCUT2D eigenvalue weighted by Gasteiger charge is 2.16. The van der Waals surface area contributed by atoms with E-state index < -0.39 is 0 Å².